The number of aliphatic hydroxyl groups is 3. The van der Waals surface area contributed by atoms with Gasteiger partial charge in [0, 0.05) is 29.2 Å². The van der Waals surface area contributed by atoms with Crippen LogP contribution in [-0.2, 0) is 38.1 Å². The van der Waals surface area contributed by atoms with E-state index in [0.29, 0.717) is 5.57 Å². The molecule has 2 aliphatic heterocycles. The summed E-state index contributed by atoms with van der Waals surface area (Å²) in [5, 5.41) is 34.6. The SMILES string of the molecule is COC(=O)[C@@]12OCC34[C@H]1[C@@H](OC(=O)/C=C(\C)C(C)C)C(=O)O[C@@H]3C[C@H]1[C@H](C)CC(=O)[C@@H](O)[C@]1(C)[C@H]4[C@@H](O)[C@@H]2O. The van der Waals surface area contributed by atoms with Crippen LogP contribution in [0.25, 0.3) is 0 Å². The van der Waals surface area contributed by atoms with E-state index in [-0.39, 0.29) is 43.0 Å². The Hall–Kier alpha value is -2.34. The zero-order chi connectivity index (χ0) is 28.8. The number of carbonyl (C=O) groups excluding carboxylic acids is 4. The summed E-state index contributed by atoms with van der Waals surface area (Å²) < 4.78 is 22.7. The maximum Gasteiger partial charge on any atom is 0.348 e. The summed E-state index contributed by atoms with van der Waals surface area (Å²) in [6.07, 6.45) is -5.99. The van der Waals surface area contributed by atoms with Crippen LogP contribution in [0.15, 0.2) is 11.6 Å². The molecule has 11 heteroatoms. The molecule has 3 N–H and O–H groups in total. The smallest absolute Gasteiger partial charge is 0.348 e. The Morgan fingerprint density at radius 1 is 1.15 bits per heavy atom. The van der Waals surface area contributed by atoms with Crippen molar-refractivity contribution in [2.45, 2.75) is 83.6 Å². The number of Topliss-reactive ketones (excluding diaryl/α,β-unsaturated/α-hetero) is 1. The summed E-state index contributed by atoms with van der Waals surface area (Å²) in [6, 6.07) is 0. The topological polar surface area (TPSA) is 166 Å². The van der Waals surface area contributed by atoms with Gasteiger partial charge in [-0.1, -0.05) is 33.3 Å². The largest absolute Gasteiger partial charge is 0.467 e. The molecule has 12 atom stereocenters. The fourth-order valence-corrected chi connectivity index (χ4v) is 8.74. The molecule has 5 fully saturated rings. The molecule has 2 saturated heterocycles. The maximum atomic E-state index is 13.5. The second-order valence-corrected chi connectivity index (χ2v) is 12.7. The summed E-state index contributed by atoms with van der Waals surface area (Å²) in [5.41, 5.74) is -4.18. The monoisotopic (exact) mass is 550 g/mol. The van der Waals surface area contributed by atoms with E-state index in [4.69, 9.17) is 18.9 Å². The van der Waals surface area contributed by atoms with Crippen LogP contribution in [-0.4, -0.2) is 88.8 Å². The minimum Gasteiger partial charge on any atom is -0.467 e. The van der Waals surface area contributed by atoms with Gasteiger partial charge >= 0.3 is 17.9 Å². The van der Waals surface area contributed by atoms with Gasteiger partial charge in [0.1, 0.15) is 18.3 Å². The number of aliphatic hydroxyl groups excluding tert-OH is 3. The highest BCUT2D eigenvalue weighted by Gasteiger charge is 2.86. The second kappa shape index (κ2) is 9.09. The fraction of sp³-hybridized carbons (Fsp3) is 0.786. The Morgan fingerprint density at radius 3 is 2.44 bits per heavy atom. The number of hydrogen-bond donors (Lipinski definition) is 3. The van der Waals surface area contributed by atoms with Crippen LogP contribution >= 0.6 is 0 Å². The standard InChI is InChI=1S/C28H38O11/c1-11(2)12(3)8-17(30)39-19-21-27-10-37-28(21,25(35)36-6)23(33)18(31)20(27)26(5)14(9-16(27)38-24(19)34)13(4)7-15(29)22(26)32/h8,11,13-14,16,18-23,31-33H,7,9-10H2,1-6H3/b12-8+/t13-,14+,16-,18-,19-,20-,21-,22-,23+,26+,27?,28-/m1/s1. The van der Waals surface area contributed by atoms with Crippen LogP contribution in [0.2, 0.25) is 0 Å². The lowest BCUT2D eigenvalue weighted by Gasteiger charge is -2.68. The van der Waals surface area contributed by atoms with Crippen molar-refractivity contribution in [3.8, 4) is 0 Å². The van der Waals surface area contributed by atoms with Gasteiger partial charge in [-0.25, -0.2) is 14.4 Å². The van der Waals surface area contributed by atoms with E-state index in [9.17, 15) is 34.5 Å². The van der Waals surface area contributed by atoms with Crippen LogP contribution < -0.4 is 0 Å². The van der Waals surface area contributed by atoms with Crippen molar-refractivity contribution >= 4 is 23.7 Å². The number of hydrogen-bond acceptors (Lipinski definition) is 11. The van der Waals surface area contributed by atoms with Crippen molar-refractivity contribution < 1.29 is 53.4 Å². The molecular formula is C28H38O11. The average Bonchev–Trinajstić information content (AvgIpc) is 3.18. The lowest BCUT2D eigenvalue weighted by molar-refractivity contribution is -0.306. The van der Waals surface area contributed by atoms with E-state index in [1.807, 2.05) is 20.8 Å². The minimum absolute atomic E-state index is 0.0262. The highest BCUT2D eigenvalue weighted by molar-refractivity contribution is 5.90. The number of methoxy groups -OCH3 is 1. The molecule has 1 unspecified atom stereocenters. The molecular weight excluding hydrogens is 512 g/mol. The van der Waals surface area contributed by atoms with Gasteiger partial charge in [0.05, 0.1) is 25.7 Å². The molecule has 1 spiro atoms. The van der Waals surface area contributed by atoms with Crippen molar-refractivity contribution in [1.29, 1.82) is 0 Å². The lowest BCUT2D eigenvalue weighted by atomic mass is 9.37. The summed E-state index contributed by atoms with van der Waals surface area (Å²) in [5.74, 6) is -6.04. The van der Waals surface area contributed by atoms with Crippen LogP contribution in [0.4, 0.5) is 0 Å². The van der Waals surface area contributed by atoms with Crippen molar-refractivity contribution in [2.75, 3.05) is 13.7 Å². The summed E-state index contributed by atoms with van der Waals surface area (Å²) >= 11 is 0. The van der Waals surface area contributed by atoms with Crippen LogP contribution in [0.3, 0.4) is 0 Å². The molecule has 39 heavy (non-hydrogen) atoms. The molecule has 2 heterocycles. The van der Waals surface area contributed by atoms with Crippen molar-refractivity contribution in [3.63, 3.8) is 0 Å². The van der Waals surface area contributed by atoms with Crippen molar-refractivity contribution in [2.24, 2.45) is 40.4 Å². The van der Waals surface area contributed by atoms with Crippen molar-refractivity contribution in [3.05, 3.63) is 11.6 Å². The summed E-state index contributed by atoms with van der Waals surface area (Å²) in [7, 11) is 1.09. The third-order valence-corrected chi connectivity index (χ3v) is 10.7. The Morgan fingerprint density at radius 2 is 1.82 bits per heavy atom. The Balaban J connectivity index is 1.71. The third kappa shape index (κ3) is 3.42. The Labute approximate surface area is 226 Å². The molecule has 3 aliphatic carbocycles. The maximum absolute atomic E-state index is 13.5. The molecule has 0 aromatic rings. The summed E-state index contributed by atoms with van der Waals surface area (Å²) in [4.78, 5) is 52.8. The number of ketones is 1. The first-order chi connectivity index (χ1) is 18.2. The molecule has 11 nitrogen and oxygen atoms in total. The quantitative estimate of drug-likeness (QED) is 0.251. The van der Waals surface area contributed by atoms with Crippen LogP contribution in [0.5, 0.6) is 0 Å². The normalized spacial score (nSPS) is 48.7. The zero-order valence-corrected chi connectivity index (χ0v) is 23.1. The van der Waals surface area contributed by atoms with E-state index in [0.717, 1.165) is 7.11 Å². The van der Waals surface area contributed by atoms with Crippen LogP contribution in [0, 0.1) is 40.4 Å². The number of esters is 3. The average molecular weight is 551 g/mol. The summed E-state index contributed by atoms with van der Waals surface area (Å²) in [6.45, 7) is 8.83. The number of ether oxygens (including phenoxy) is 4. The van der Waals surface area contributed by atoms with E-state index in [2.05, 4.69) is 0 Å². The number of rotatable bonds is 4. The van der Waals surface area contributed by atoms with Gasteiger partial charge in [-0.2, -0.15) is 0 Å². The molecule has 0 radical (unpaired) electrons. The fourth-order valence-electron chi connectivity index (χ4n) is 8.74. The molecule has 3 saturated carbocycles. The first-order valence-corrected chi connectivity index (χ1v) is 13.6. The minimum atomic E-state index is -2.25. The van der Waals surface area contributed by atoms with Gasteiger partial charge < -0.3 is 34.3 Å². The predicted octanol–water partition coefficient (Wildman–Crippen LogP) is 0.318. The highest BCUT2D eigenvalue weighted by Crippen LogP contribution is 2.72. The zero-order valence-electron chi connectivity index (χ0n) is 23.1. The molecule has 5 aliphatic rings. The number of carbonyl (C=O) groups is 4. The Bertz CT molecular complexity index is 1130. The molecule has 216 valence electrons. The molecule has 0 amide bonds. The van der Waals surface area contributed by atoms with Gasteiger partial charge in [0.2, 0.25) is 11.7 Å². The van der Waals surface area contributed by atoms with Gasteiger partial charge in [0.25, 0.3) is 0 Å². The number of allylic oxidation sites excluding steroid dienone is 1. The van der Waals surface area contributed by atoms with E-state index >= 15 is 0 Å². The van der Waals surface area contributed by atoms with Gasteiger partial charge in [-0.05, 0) is 31.1 Å². The van der Waals surface area contributed by atoms with Crippen LogP contribution in [0.1, 0.15) is 47.5 Å². The predicted molar refractivity (Wildman–Crippen MR) is 131 cm³/mol. The van der Waals surface area contributed by atoms with Crippen molar-refractivity contribution in [1.82, 2.24) is 0 Å². The molecule has 0 aromatic carbocycles. The van der Waals surface area contributed by atoms with Gasteiger partial charge in [0.15, 0.2) is 5.78 Å². The Kier molecular flexibility index (Phi) is 6.57. The van der Waals surface area contributed by atoms with Gasteiger partial charge in [-0.3, -0.25) is 4.79 Å². The first-order valence-electron chi connectivity index (χ1n) is 13.6. The van der Waals surface area contributed by atoms with E-state index < -0.39 is 76.7 Å². The van der Waals surface area contributed by atoms with E-state index in [1.165, 1.54) is 6.08 Å². The highest BCUT2D eigenvalue weighted by atomic mass is 16.6. The second-order valence-electron chi connectivity index (χ2n) is 12.7. The van der Waals surface area contributed by atoms with E-state index in [1.54, 1.807) is 13.8 Å². The lowest BCUT2D eigenvalue weighted by Crippen LogP contribution is -2.80. The third-order valence-electron chi connectivity index (χ3n) is 10.7. The molecule has 2 bridgehead atoms. The molecule has 0 aromatic heterocycles. The first kappa shape index (κ1) is 28.2. The number of fused-ring (bicyclic) bond motifs is 2. The van der Waals surface area contributed by atoms with Gasteiger partial charge in [-0.15, -0.1) is 0 Å². The molecule has 5 rings (SSSR count).